The summed E-state index contributed by atoms with van der Waals surface area (Å²) in [6.07, 6.45) is 1.75. The standard InChI is InChI=1S/C22H20Cl2N2O4S2/c1-12(2)26-21(28)18(32-22(26)31)10-13-7-8-16(17(9-13)29-3)30-11-19(27)25-15-6-4-5-14(23)20(15)24/h4-10,12H,11H2,1-3H3,(H,25,27)/b18-10-. The summed E-state index contributed by atoms with van der Waals surface area (Å²) in [6, 6.07) is 10.1. The molecule has 3 rings (SSSR count). The molecule has 0 aliphatic carbocycles. The van der Waals surface area contributed by atoms with Gasteiger partial charge in [0.1, 0.15) is 4.32 Å². The van der Waals surface area contributed by atoms with Crippen molar-refractivity contribution in [3.8, 4) is 11.5 Å². The first-order valence-electron chi connectivity index (χ1n) is 9.53. The maximum absolute atomic E-state index is 12.6. The number of anilines is 1. The third-order valence-corrected chi connectivity index (χ3v) is 6.56. The van der Waals surface area contributed by atoms with Crippen LogP contribution >= 0.6 is 47.2 Å². The molecular weight excluding hydrogens is 491 g/mol. The Hall–Kier alpha value is -2.26. The van der Waals surface area contributed by atoms with Gasteiger partial charge in [0.15, 0.2) is 18.1 Å². The average Bonchev–Trinajstić information content (AvgIpc) is 3.03. The van der Waals surface area contributed by atoms with Crippen LogP contribution in [0.2, 0.25) is 10.0 Å². The number of methoxy groups -OCH3 is 1. The number of halogens is 2. The molecular formula is C22H20Cl2N2O4S2. The van der Waals surface area contributed by atoms with Crippen molar-refractivity contribution in [2.45, 2.75) is 19.9 Å². The molecule has 6 nitrogen and oxygen atoms in total. The van der Waals surface area contributed by atoms with Gasteiger partial charge in [-0.05, 0) is 49.8 Å². The number of thiocarbonyl (C=S) groups is 1. The first-order valence-corrected chi connectivity index (χ1v) is 11.5. The van der Waals surface area contributed by atoms with Crippen LogP contribution in [0.5, 0.6) is 11.5 Å². The number of carbonyl (C=O) groups excluding carboxylic acids is 2. The van der Waals surface area contributed by atoms with Crippen molar-refractivity contribution < 1.29 is 19.1 Å². The molecule has 32 heavy (non-hydrogen) atoms. The lowest BCUT2D eigenvalue weighted by atomic mass is 10.1. The zero-order valence-corrected chi connectivity index (χ0v) is 20.6. The van der Waals surface area contributed by atoms with Gasteiger partial charge in [0, 0.05) is 6.04 Å². The van der Waals surface area contributed by atoms with Gasteiger partial charge in [0.2, 0.25) is 0 Å². The highest BCUT2D eigenvalue weighted by atomic mass is 35.5. The molecule has 0 atom stereocenters. The summed E-state index contributed by atoms with van der Waals surface area (Å²) in [7, 11) is 1.50. The molecule has 1 N–H and O–H groups in total. The Morgan fingerprint density at radius 2 is 2.00 bits per heavy atom. The summed E-state index contributed by atoms with van der Waals surface area (Å²) in [5, 5.41) is 3.25. The number of nitrogens with one attached hydrogen (secondary N) is 1. The number of ether oxygens (including phenoxy) is 2. The first kappa shape index (κ1) is 24.4. The highest BCUT2D eigenvalue weighted by molar-refractivity contribution is 8.26. The molecule has 0 spiro atoms. The normalized spacial score (nSPS) is 14.9. The van der Waals surface area contributed by atoms with Crippen LogP contribution in [0.25, 0.3) is 6.08 Å². The third-order valence-electron chi connectivity index (χ3n) is 4.41. The van der Waals surface area contributed by atoms with Gasteiger partial charge in [-0.2, -0.15) is 0 Å². The molecule has 0 unspecified atom stereocenters. The van der Waals surface area contributed by atoms with Gasteiger partial charge < -0.3 is 14.8 Å². The van der Waals surface area contributed by atoms with E-state index < -0.39 is 5.91 Å². The van der Waals surface area contributed by atoms with Crippen LogP contribution in [0.1, 0.15) is 19.4 Å². The number of rotatable bonds is 7. The van der Waals surface area contributed by atoms with E-state index in [4.69, 9.17) is 44.9 Å². The van der Waals surface area contributed by atoms with Gasteiger partial charge in [-0.3, -0.25) is 14.5 Å². The van der Waals surface area contributed by atoms with E-state index in [-0.39, 0.29) is 23.6 Å². The van der Waals surface area contributed by atoms with E-state index in [2.05, 4.69) is 5.32 Å². The maximum atomic E-state index is 12.6. The van der Waals surface area contributed by atoms with Crippen LogP contribution < -0.4 is 14.8 Å². The fraction of sp³-hybridized carbons (Fsp3) is 0.227. The second-order valence-electron chi connectivity index (χ2n) is 6.99. The molecule has 0 aromatic heterocycles. The summed E-state index contributed by atoms with van der Waals surface area (Å²) in [5.74, 6) is 0.279. The predicted octanol–water partition coefficient (Wildman–Crippen LogP) is 5.63. The minimum absolute atomic E-state index is 0.00773. The summed E-state index contributed by atoms with van der Waals surface area (Å²) in [4.78, 5) is 27.0. The summed E-state index contributed by atoms with van der Waals surface area (Å²) in [6.45, 7) is 3.57. The topological polar surface area (TPSA) is 67.9 Å². The Labute approximate surface area is 205 Å². The van der Waals surface area contributed by atoms with E-state index in [1.165, 1.54) is 18.9 Å². The number of thioether (sulfide) groups is 1. The van der Waals surface area contributed by atoms with Gasteiger partial charge in [0.25, 0.3) is 11.8 Å². The Morgan fingerprint density at radius 3 is 2.66 bits per heavy atom. The van der Waals surface area contributed by atoms with Gasteiger partial charge in [0.05, 0.1) is 27.7 Å². The molecule has 2 aromatic carbocycles. The number of benzene rings is 2. The fourth-order valence-corrected chi connectivity index (χ4v) is 4.77. The van der Waals surface area contributed by atoms with Gasteiger partial charge in [-0.15, -0.1) is 0 Å². The molecule has 1 saturated heterocycles. The van der Waals surface area contributed by atoms with E-state index in [1.54, 1.807) is 47.4 Å². The van der Waals surface area contributed by atoms with E-state index >= 15 is 0 Å². The molecule has 1 heterocycles. The van der Waals surface area contributed by atoms with Crippen molar-refractivity contribution in [1.29, 1.82) is 0 Å². The van der Waals surface area contributed by atoms with Gasteiger partial charge in [-0.1, -0.05) is 59.3 Å². The zero-order valence-electron chi connectivity index (χ0n) is 17.5. The fourth-order valence-electron chi connectivity index (χ4n) is 2.90. The molecule has 1 aliphatic rings. The van der Waals surface area contributed by atoms with Crippen molar-refractivity contribution in [3.63, 3.8) is 0 Å². The molecule has 1 fully saturated rings. The molecule has 2 amide bonds. The quantitative estimate of drug-likeness (QED) is 0.384. The Bertz CT molecular complexity index is 1110. The van der Waals surface area contributed by atoms with E-state index in [1.807, 2.05) is 13.8 Å². The highest BCUT2D eigenvalue weighted by Gasteiger charge is 2.33. The van der Waals surface area contributed by atoms with E-state index in [9.17, 15) is 9.59 Å². The lowest BCUT2D eigenvalue weighted by Crippen LogP contribution is -2.34. The van der Waals surface area contributed by atoms with Crippen molar-refractivity contribution in [3.05, 3.63) is 56.9 Å². The molecule has 0 bridgehead atoms. The lowest BCUT2D eigenvalue weighted by molar-refractivity contribution is -0.123. The third kappa shape index (κ3) is 5.56. The number of hydrogen-bond donors (Lipinski definition) is 1. The van der Waals surface area contributed by atoms with Crippen molar-refractivity contribution in [2.75, 3.05) is 19.0 Å². The number of amides is 2. The zero-order chi connectivity index (χ0) is 23.4. The average molecular weight is 511 g/mol. The molecule has 2 aromatic rings. The molecule has 10 heteroatoms. The number of nitrogens with zero attached hydrogens (tertiary/aromatic N) is 1. The SMILES string of the molecule is COc1cc(/C=C2\SC(=S)N(C(C)C)C2=O)ccc1OCC(=O)Nc1cccc(Cl)c1Cl. The minimum Gasteiger partial charge on any atom is -0.493 e. The van der Waals surface area contributed by atoms with Crippen LogP contribution in [0.3, 0.4) is 0 Å². The molecule has 1 aliphatic heterocycles. The Balaban J connectivity index is 1.69. The second-order valence-corrected chi connectivity index (χ2v) is 9.45. The van der Waals surface area contributed by atoms with Crippen LogP contribution in [-0.4, -0.2) is 40.8 Å². The largest absolute Gasteiger partial charge is 0.493 e. The van der Waals surface area contributed by atoms with Crippen LogP contribution in [0.15, 0.2) is 41.3 Å². The van der Waals surface area contributed by atoms with Gasteiger partial charge in [-0.25, -0.2) is 0 Å². The van der Waals surface area contributed by atoms with Gasteiger partial charge >= 0.3 is 0 Å². The van der Waals surface area contributed by atoms with Crippen LogP contribution in [0, 0.1) is 0 Å². The minimum atomic E-state index is -0.405. The maximum Gasteiger partial charge on any atom is 0.266 e. The van der Waals surface area contributed by atoms with Crippen LogP contribution in [0.4, 0.5) is 5.69 Å². The number of carbonyl (C=O) groups is 2. The van der Waals surface area contributed by atoms with Crippen molar-refractivity contribution in [1.82, 2.24) is 4.90 Å². The lowest BCUT2D eigenvalue weighted by Gasteiger charge is -2.18. The first-order chi connectivity index (χ1) is 15.2. The highest BCUT2D eigenvalue weighted by Crippen LogP contribution is 2.36. The summed E-state index contributed by atoms with van der Waals surface area (Å²) >= 11 is 18.6. The smallest absolute Gasteiger partial charge is 0.266 e. The van der Waals surface area contributed by atoms with E-state index in [0.29, 0.717) is 31.4 Å². The predicted molar refractivity (Wildman–Crippen MR) is 134 cm³/mol. The monoisotopic (exact) mass is 510 g/mol. The Morgan fingerprint density at radius 1 is 1.25 bits per heavy atom. The van der Waals surface area contributed by atoms with E-state index in [0.717, 1.165) is 5.56 Å². The molecule has 168 valence electrons. The molecule has 0 radical (unpaired) electrons. The second kappa shape index (κ2) is 10.6. The molecule has 0 saturated carbocycles. The Kier molecular flexibility index (Phi) is 8.05. The van der Waals surface area contributed by atoms with Crippen molar-refractivity contribution in [2.24, 2.45) is 0 Å². The summed E-state index contributed by atoms with van der Waals surface area (Å²) in [5.41, 5.74) is 1.14. The van der Waals surface area contributed by atoms with Crippen LogP contribution in [-0.2, 0) is 9.59 Å². The number of hydrogen-bond acceptors (Lipinski definition) is 6. The summed E-state index contributed by atoms with van der Waals surface area (Å²) < 4.78 is 11.5. The van der Waals surface area contributed by atoms with Crippen molar-refractivity contribution >= 4 is 75.1 Å².